The Morgan fingerprint density at radius 1 is 0.581 bits per heavy atom. The zero-order valence-corrected chi connectivity index (χ0v) is 27.1. The Kier molecular flexibility index (Phi) is 8.40. The van der Waals surface area contributed by atoms with Gasteiger partial charge in [0, 0.05) is 23.0 Å². The number of rotatable bonds is 12. The molecular formula is C41H48O2. The highest BCUT2D eigenvalue weighted by Gasteiger charge is 2.49. The van der Waals surface area contributed by atoms with Crippen molar-refractivity contribution in [2.24, 2.45) is 5.41 Å². The van der Waals surface area contributed by atoms with Crippen LogP contribution in [-0.2, 0) is 25.7 Å². The number of hydrogen-bond donors (Lipinski definition) is 0. The van der Waals surface area contributed by atoms with Gasteiger partial charge in [-0.15, -0.1) is 0 Å². The molecule has 0 spiro atoms. The minimum Gasteiger partial charge on any atom is -0.464 e. The number of benzene rings is 2. The molecular weight excluding hydrogens is 524 g/mol. The maximum absolute atomic E-state index is 6.39. The maximum atomic E-state index is 6.39. The van der Waals surface area contributed by atoms with E-state index in [1.54, 1.807) is 0 Å². The molecule has 2 aliphatic rings. The highest BCUT2D eigenvalue weighted by molar-refractivity contribution is 5.95. The predicted octanol–water partition coefficient (Wildman–Crippen LogP) is 11.7. The summed E-state index contributed by atoms with van der Waals surface area (Å²) in [6, 6.07) is 18.4. The van der Waals surface area contributed by atoms with E-state index in [1.165, 1.54) is 55.7 Å². The topological polar surface area (TPSA) is 26.3 Å². The van der Waals surface area contributed by atoms with Crippen LogP contribution >= 0.6 is 0 Å². The lowest BCUT2D eigenvalue weighted by atomic mass is 9.60. The van der Waals surface area contributed by atoms with E-state index < -0.39 is 0 Å². The van der Waals surface area contributed by atoms with Crippen LogP contribution in [0.1, 0.15) is 135 Å². The molecule has 0 saturated heterocycles. The first-order chi connectivity index (χ1) is 20.9. The van der Waals surface area contributed by atoms with E-state index in [0.29, 0.717) is 0 Å². The van der Waals surface area contributed by atoms with Gasteiger partial charge in [-0.05, 0) is 99.9 Å². The Bertz CT molecular complexity index is 1530. The van der Waals surface area contributed by atoms with Crippen LogP contribution in [0.15, 0.2) is 69.9 Å². The molecule has 2 heteroatoms. The third kappa shape index (κ3) is 5.28. The number of aryl methyl sites for hydroxylation is 4. The molecule has 2 unspecified atom stereocenters. The fraction of sp³-hybridized carbons (Fsp3) is 0.415. The molecule has 224 valence electrons. The summed E-state index contributed by atoms with van der Waals surface area (Å²) < 4.78 is 12.8. The second-order valence-corrected chi connectivity index (χ2v) is 13.4. The first-order valence-electron chi connectivity index (χ1n) is 16.7. The Morgan fingerprint density at radius 3 is 1.40 bits per heavy atom. The fourth-order valence-electron chi connectivity index (χ4n) is 8.04. The van der Waals surface area contributed by atoms with Crippen LogP contribution in [0.5, 0.6) is 0 Å². The first-order valence-corrected chi connectivity index (χ1v) is 16.7. The molecule has 4 aromatic rings. The number of furan rings is 2. The minimum atomic E-state index is -0.169. The molecule has 0 bridgehead atoms. The Labute approximate surface area is 258 Å². The lowest BCUT2D eigenvalue weighted by Crippen LogP contribution is -2.31. The van der Waals surface area contributed by atoms with E-state index in [4.69, 9.17) is 8.83 Å². The van der Waals surface area contributed by atoms with Crippen molar-refractivity contribution in [3.63, 3.8) is 0 Å². The predicted molar refractivity (Wildman–Crippen MR) is 181 cm³/mol. The van der Waals surface area contributed by atoms with Crippen molar-refractivity contribution in [1.82, 2.24) is 0 Å². The Morgan fingerprint density at radius 2 is 1.00 bits per heavy atom. The summed E-state index contributed by atoms with van der Waals surface area (Å²) in [5.41, 5.74) is 13.7. The fourth-order valence-corrected chi connectivity index (χ4v) is 8.04. The SMILES string of the molecule is CCCc1coc(C2=Cc3cccc(CCC)c3C2C(C)(C)C2C(c3cc(CCC)co3)=Cc3cccc(CCC)c32)c1. The lowest BCUT2D eigenvalue weighted by Gasteiger charge is -2.42. The van der Waals surface area contributed by atoms with Crippen LogP contribution in [0.25, 0.3) is 23.3 Å². The zero-order valence-electron chi connectivity index (χ0n) is 27.1. The van der Waals surface area contributed by atoms with E-state index in [-0.39, 0.29) is 17.3 Å². The Balaban J connectivity index is 1.55. The second kappa shape index (κ2) is 12.2. The van der Waals surface area contributed by atoms with E-state index in [1.807, 2.05) is 12.5 Å². The van der Waals surface area contributed by atoms with Crippen molar-refractivity contribution in [3.05, 3.63) is 117 Å². The average molecular weight is 573 g/mol. The molecule has 0 fully saturated rings. The van der Waals surface area contributed by atoms with Gasteiger partial charge in [-0.1, -0.05) is 104 Å². The van der Waals surface area contributed by atoms with Gasteiger partial charge in [-0.2, -0.15) is 0 Å². The highest BCUT2D eigenvalue weighted by Crippen LogP contribution is 2.63. The van der Waals surface area contributed by atoms with Crippen LogP contribution < -0.4 is 0 Å². The van der Waals surface area contributed by atoms with Crippen molar-refractivity contribution >= 4 is 23.3 Å². The average Bonchev–Trinajstić information content (AvgIpc) is 3.78. The summed E-state index contributed by atoms with van der Waals surface area (Å²) in [5, 5.41) is 0. The van der Waals surface area contributed by atoms with Crippen LogP contribution in [0, 0.1) is 5.41 Å². The maximum Gasteiger partial charge on any atom is 0.130 e. The van der Waals surface area contributed by atoms with Crippen molar-refractivity contribution < 1.29 is 8.83 Å². The van der Waals surface area contributed by atoms with Crippen molar-refractivity contribution in [3.8, 4) is 0 Å². The number of fused-ring (bicyclic) bond motifs is 2. The summed E-state index contributed by atoms with van der Waals surface area (Å²) in [6.07, 6.45) is 17.6. The summed E-state index contributed by atoms with van der Waals surface area (Å²) in [6.45, 7) is 14.1. The standard InChI is InChI=1S/C41H48O2/c1-7-13-27-21-35(42-25-27)33-23-31-19-11-17-29(15-9-3)37(31)39(33)41(5,6)40-34(36-22-28(14-8-2)26-43-36)24-32-20-12-18-30(16-10-4)38(32)40/h11-12,17-26,39-40H,7-10,13-16H2,1-6H3. The van der Waals surface area contributed by atoms with Gasteiger partial charge in [0.05, 0.1) is 12.5 Å². The largest absolute Gasteiger partial charge is 0.464 e. The molecule has 0 saturated carbocycles. The van der Waals surface area contributed by atoms with Gasteiger partial charge >= 0.3 is 0 Å². The number of hydrogen-bond acceptors (Lipinski definition) is 2. The third-order valence-corrected chi connectivity index (χ3v) is 9.76. The van der Waals surface area contributed by atoms with Crippen molar-refractivity contribution in [1.29, 1.82) is 0 Å². The third-order valence-electron chi connectivity index (χ3n) is 9.76. The summed E-state index contributed by atoms with van der Waals surface area (Å²) in [5.74, 6) is 2.41. The Hall–Kier alpha value is -3.52. The van der Waals surface area contributed by atoms with Gasteiger partial charge in [0.1, 0.15) is 11.5 Å². The van der Waals surface area contributed by atoms with Crippen LogP contribution in [0.4, 0.5) is 0 Å². The smallest absolute Gasteiger partial charge is 0.130 e. The molecule has 2 aromatic carbocycles. The molecule has 43 heavy (non-hydrogen) atoms. The molecule has 0 radical (unpaired) electrons. The van der Waals surface area contributed by atoms with Crippen LogP contribution in [0.2, 0.25) is 0 Å². The van der Waals surface area contributed by atoms with E-state index in [9.17, 15) is 0 Å². The second-order valence-electron chi connectivity index (χ2n) is 13.4. The normalized spacial score (nSPS) is 17.6. The molecule has 0 amide bonds. The van der Waals surface area contributed by atoms with Gasteiger partial charge in [-0.25, -0.2) is 0 Å². The minimum absolute atomic E-state index is 0.169. The van der Waals surface area contributed by atoms with Gasteiger partial charge in [0.2, 0.25) is 0 Å². The van der Waals surface area contributed by atoms with Crippen LogP contribution in [0.3, 0.4) is 0 Å². The summed E-state index contributed by atoms with van der Waals surface area (Å²) >= 11 is 0. The molecule has 2 atom stereocenters. The summed E-state index contributed by atoms with van der Waals surface area (Å²) in [7, 11) is 0. The van der Waals surface area contributed by atoms with Gasteiger partial charge in [0.15, 0.2) is 0 Å². The zero-order chi connectivity index (χ0) is 30.1. The van der Waals surface area contributed by atoms with Gasteiger partial charge in [0.25, 0.3) is 0 Å². The highest BCUT2D eigenvalue weighted by atomic mass is 16.3. The van der Waals surface area contributed by atoms with Crippen LogP contribution in [-0.4, -0.2) is 0 Å². The first kappa shape index (κ1) is 29.5. The molecule has 2 nitrogen and oxygen atoms in total. The van der Waals surface area contributed by atoms with Crippen molar-refractivity contribution in [2.45, 2.75) is 105 Å². The van der Waals surface area contributed by atoms with E-state index >= 15 is 0 Å². The molecule has 6 rings (SSSR count). The lowest BCUT2D eigenvalue weighted by molar-refractivity contribution is 0.297. The van der Waals surface area contributed by atoms with Gasteiger partial charge in [-0.3, -0.25) is 0 Å². The molecule has 2 aliphatic carbocycles. The molecule has 2 aromatic heterocycles. The molecule has 2 heterocycles. The molecule has 0 aliphatic heterocycles. The molecule has 0 N–H and O–H groups in total. The quantitative estimate of drug-likeness (QED) is 0.169. The van der Waals surface area contributed by atoms with E-state index in [2.05, 4.69) is 102 Å². The monoisotopic (exact) mass is 572 g/mol. The number of allylic oxidation sites excluding steroid dienone is 2. The van der Waals surface area contributed by atoms with E-state index in [0.717, 1.165) is 62.9 Å². The van der Waals surface area contributed by atoms with Gasteiger partial charge < -0.3 is 8.83 Å². The summed E-state index contributed by atoms with van der Waals surface area (Å²) in [4.78, 5) is 0. The van der Waals surface area contributed by atoms with Crippen molar-refractivity contribution in [2.75, 3.05) is 0 Å².